The normalized spacial score (nSPS) is 10.5. The Morgan fingerprint density at radius 1 is 1.19 bits per heavy atom. The minimum absolute atomic E-state index is 0.00268. The standard InChI is InChI=1S/C18H17N5O3/c1-13-10-17(19-8-7-14-4-3-9-22(24)12-14)21-18(20-13)15-5-2-6-16(11-15)23(25)26/h2-6,9-12H,7-8H2,1H3,(H,19,20,21). The largest absolute Gasteiger partial charge is 0.619 e. The number of aryl methyl sites for hydroxylation is 1. The quantitative estimate of drug-likeness (QED) is 0.316. The number of rotatable bonds is 6. The number of aromatic nitrogens is 3. The molecule has 0 aliphatic rings. The Bertz CT molecular complexity index is 946. The molecule has 3 aromatic rings. The molecular formula is C18H17N5O3. The highest BCUT2D eigenvalue weighted by Gasteiger charge is 2.10. The number of nitro groups is 1. The van der Waals surface area contributed by atoms with E-state index in [2.05, 4.69) is 15.3 Å². The van der Waals surface area contributed by atoms with Gasteiger partial charge in [0.05, 0.1) is 4.92 Å². The molecule has 0 unspecified atom stereocenters. The van der Waals surface area contributed by atoms with Crippen LogP contribution in [-0.4, -0.2) is 21.4 Å². The molecule has 1 N–H and O–H groups in total. The van der Waals surface area contributed by atoms with Crippen LogP contribution in [0.5, 0.6) is 0 Å². The summed E-state index contributed by atoms with van der Waals surface area (Å²) in [6.07, 6.45) is 3.63. The van der Waals surface area contributed by atoms with Crippen molar-refractivity contribution in [1.29, 1.82) is 0 Å². The number of nitrogens with zero attached hydrogens (tertiary/aromatic N) is 4. The number of hydrogen-bond donors (Lipinski definition) is 1. The summed E-state index contributed by atoms with van der Waals surface area (Å²) in [5.74, 6) is 1.05. The molecule has 0 bridgehead atoms. The number of nitrogens with one attached hydrogen (secondary N) is 1. The van der Waals surface area contributed by atoms with Crippen LogP contribution < -0.4 is 10.0 Å². The number of pyridine rings is 1. The van der Waals surface area contributed by atoms with Crippen molar-refractivity contribution < 1.29 is 9.65 Å². The monoisotopic (exact) mass is 351 g/mol. The van der Waals surface area contributed by atoms with Gasteiger partial charge in [-0.05, 0) is 19.4 Å². The van der Waals surface area contributed by atoms with Crippen molar-refractivity contribution in [2.75, 3.05) is 11.9 Å². The molecule has 8 heteroatoms. The Labute approximate surface area is 149 Å². The van der Waals surface area contributed by atoms with E-state index < -0.39 is 4.92 Å². The Kier molecular flexibility index (Phi) is 5.02. The van der Waals surface area contributed by atoms with E-state index in [0.717, 1.165) is 16.0 Å². The predicted octanol–water partition coefficient (Wildman–Crippen LogP) is 2.65. The molecule has 3 rings (SSSR count). The Morgan fingerprint density at radius 3 is 2.81 bits per heavy atom. The number of nitro benzene ring substituents is 1. The molecule has 0 saturated carbocycles. The average molecular weight is 351 g/mol. The molecule has 1 aromatic carbocycles. The third-order valence-electron chi connectivity index (χ3n) is 3.73. The lowest BCUT2D eigenvalue weighted by Crippen LogP contribution is -2.25. The summed E-state index contributed by atoms with van der Waals surface area (Å²) >= 11 is 0. The van der Waals surface area contributed by atoms with Crippen molar-refractivity contribution in [3.63, 3.8) is 0 Å². The zero-order chi connectivity index (χ0) is 18.5. The summed E-state index contributed by atoms with van der Waals surface area (Å²) in [4.78, 5) is 19.3. The van der Waals surface area contributed by atoms with Crippen molar-refractivity contribution >= 4 is 11.5 Å². The van der Waals surface area contributed by atoms with Gasteiger partial charge in [-0.25, -0.2) is 9.97 Å². The van der Waals surface area contributed by atoms with Gasteiger partial charge >= 0.3 is 0 Å². The lowest BCUT2D eigenvalue weighted by atomic mass is 10.2. The minimum Gasteiger partial charge on any atom is -0.619 e. The van der Waals surface area contributed by atoms with Gasteiger partial charge in [0.2, 0.25) is 0 Å². The molecule has 2 aromatic heterocycles. The molecule has 0 amide bonds. The van der Waals surface area contributed by atoms with Crippen molar-refractivity contribution in [3.05, 3.63) is 81.4 Å². The van der Waals surface area contributed by atoms with Gasteiger partial charge in [-0.2, -0.15) is 4.73 Å². The second kappa shape index (κ2) is 7.56. The van der Waals surface area contributed by atoms with Crippen LogP contribution in [0, 0.1) is 22.2 Å². The first-order valence-electron chi connectivity index (χ1n) is 8.03. The van der Waals surface area contributed by atoms with E-state index in [1.807, 2.05) is 13.0 Å². The van der Waals surface area contributed by atoms with Crippen molar-refractivity contribution in [2.45, 2.75) is 13.3 Å². The average Bonchev–Trinajstić information content (AvgIpc) is 2.61. The van der Waals surface area contributed by atoms with Gasteiger partial charge in [-0.15, -0.1) is 0 Å². The molecule has 8 nitrogen and oxygen atoms in total. The second-order valence-corrected chi connectivity index (χ2v) is 5.77. The lowest BCUT2D eigenvalue weighted by molar-refractivity contribution is -0.605. The van der Waals surface area contributed by atoms with E-state index in [9.17, 15) is 15.3 Å². The molecule has 0 aliphatic carbocycles. The van der Waals surface area contributed by atoms with Gasteiger partial charge in [-0.1, -0.05) is 12.1 Å². The maximum absolute atomic E-state index is 11.3. The number of hydrogen-bond acceptors (Lipinski definition) is 6. The number of anilines is 1. The van der Waals surface area contributed by atoms with Crippen LogP contribution in [0.4, 0.5) is 11.5 Å². The SMILES string of the molecule is Cc1cc(NCCc2ccc[n+]([O-])c2)nc(-c2cccc([N+](=O)[O-])c2)n1. The Hall–Kier alpha value is -3.55. The maximum Gasteiger partial charge on any atom is 0.270 e. The molecule has 0 fully saturated rings. The highest BCUT2D eigenvalue weighted by Crippen LogP contribution is 2.22. The van der Waals surface area contributed by atoms with Gasteiger partial charge < -0.3 is 10.5 Å². The van der Waals surface area contributed by atoms with E-state index in [0.29, 0.717) is 30.2 Å². The molecule has 26 heavy (non-hydrogen) atoms. The Balaban J connectivity index is 1.75. The Morgan fingerprint density at radius 2 is 2.04 bits per heavy atom. The lowest BCUT2D eigenvalue weighted by Gasteiger charge is -2.09. The third-order valence-corrected chi connectivity index (χ3v) is 3.73. The summed E-state index contributed by atoms with van der Waals surface area (Å²) in [5.41, 5.74) is 2.25. The van der Waals surface area contributed by atoms with Gasteiger partial charge in [-0.3, -0.25) is 10.1 Å². The molecule has 2 heterocycles. The first-order valence-corrected chi connectivity index (χ1v) is 8.03. The number of benzene rings is 1. The fourth-order valence-electron chi connectivity index (χ4n) is 2.53. The highest BCUT2D eigenvalue weighted by molar-refractivity contribution is 5.61. The van der Waals surface area contributed by atoms with Crippen molar-refractivity contribution in [3.8, 4) is 11.4 Å². The van der Waals surface area contributed by atoms with E-state index in [4.69, 9.17) is 0 Å². The molecule has 0 atom stereocenters. The van der Waals surface area contributed by atoms with Crippen LogP contribution in [0.15, 0.2) is 54.9 Å². The van der Waals surface area contributed by atoms with Gasteiger partial charge in [0.25, 0.3) is 5.69 Å². The zero-order valence-corrected chi connectivity index (χ0v) is 14.1. The van der Waals surface area contributed by atoms with Crippen LogP contribution >= 0.6 is 0 Å². The van der Waals surface area contributed by atoms with Crippen LogP contribution in [0.1, 0.15) is 11.3 Å². The topological polar surface area (TPSA) is 108 Å². The molecule has 0 spiro atoms. The molecule has 0 radical (unpaired) electrons. The summed E-state index contributed by atoms with van der Waals surface area (Å²) in [6, 6.07) is 11.6. The molecule has 0 saturated heterocycles. The highest BCUT2D eigenvalue weighted by atomic mass is 16.6. The van der Waals surface area contributed by atoms with E-state index in [1.54, 1.807) is 24.3 Å². The van der Waals surface area contributed by atoms with Gasteiger partial charge in [0.1, 0.15) is 5.82 Å². The zero-order valence-electron chi connectivity index (χ0n) is 14.1. The summed E-state index contributed by atoms with van der Waals surface area (Å²) in [6.45, 7) is 2.43. The van der Waals surface area contributed by atoms with E-state index in [-0.39, 0.29) is 5.69 Å². The van der Waals surface area contributed by atoms with Crippen molar-refractivity contribution in [2.24, 2.45) is 0 Å². The molecule has 132 valence electrons. The van der Waals surface area contributed by atoms with E-state index in [1.165, 1.54) is 24.5 Å². The van der Waals surface area contributed by atoms with Crippen LogP contribution in [0.25, 0.3) is 11.4 Å². The third kappa shape index (κ3) is 4.29. The van der Waals surface area contributed by atoms with E-state index >= 15 is 0 Å². The first-order chi connectivity index (χ1) is 12.5. The van der Waals surface area contributed by atoms with Gasteiger partial charge in [0, 0.05) is 47.6 Å². The van der Waals surface area contributed by atoms with Crippen LogP contribution in [0.2, 0.25) is 0 Å². The summed E-state index contributed by atoms with van der Waals surface area (Å²) in [7, 11) is 0. The summed E-state index contributed by atoms with van der Waals surface area (Å²) in [5, 5.41) is 25.4. The second-order valence-electron chi connectivity index (χ2n) is 5.77. The van der Waals surface area contributed by atoms with Gasteiger partial charge in [0.15, 0.2) is 18.2 Å². The number of non-ortho nitro benzene ring substituents is 1. The van der Waals surface area contributed by atoms with Crippen LogP contribution in [0.3, 0.4) is 0 Å². The minimum atomic E-state index is -0.444. The smallest absolute Gasteiger partial charge is 0.270 e. The summed E-state index contributed by atoms with van der Waals surface area (Å²) < 4.78 is 0.768. The fraction of sp³-hybridized carbons (Fsp3) is 0.167. The molecule has 0 aliphatic heterocycles. The molecular weight excluding hydrogens is 334 g/mol. The van der Waals surface area contributed by atoms with Crippen molar-refractivity contribution in [1.82, 2.24) is 9.97 Å². The fourth-order valence-corrected chi connectivity index (χ4v) is 2.53. The predicted molar refractivity (Wildman–Crippen MR) is 96.5 cm³/mol. The van der Waals surface area contributed by atoms with Crippen LogP contribution in [-0.2, 0) is 6.42 Å². The maximum atomic E-state index is 11.3. The first kappa shape index (κ1) is 17.3.